The highest BCUT2D eigenvalue weighted by molar-refractivity contribution is 5.37. The normalized spacial score (nSPS) is 11.3. The molecule has 0 aliphatic rings. The van der Waals surface area contributed by atoms with Gasteiger partial charge < -0.3 is 10.5 Å². The predicted octanol–water partition coefficient (Wildman–Crippen LogP) is 3.75. The minimum absolute atomic E-state index is 0.0997. The first-order chi connectivity index (χ1) is 8.45. The number of hydrogen-bond donors (Lipinski definition) is 1. The third kappa shape index (κ3) is 3.00. The Morgan fingerprint density at radius 1 is 1.06 bits per heavy atom. The van der Waals surface area contributed by atoms with Crippen LogP contribution in [0.1, 0.15) is 26.3 Å². The highest BCUT2D eigenvalue weighted by Gasteiger charge is 2.14. The summed E-state index contributed by atoms with van der Waals surface area (Å²) >= 11 is 0. The van der Waals surface area contributed by atoms with Crippen LogP contribution in [-0.4, -0.2) is 4.98 Å². The summed E-state index contributed by atoms with van der Waals surface area (Å²) in [5.74, 6) is 1.75. The molecule has 2 N–H and O–H groups in total. The lowest BCUT2D eigenvalue weighted by Crippen LogP contribution is -2.10. The van der Waals surface area contributed by atoms with Crippen LogP contribution in [0.3, 0.4) is 0 Å². The topological polar surface area (TPSA) is 48.1 Å². The van der Waals surface area contributed by atoms with Crippen LogP contribution in [0.5, 0.6) is 11.6 Å². The van der Waals surface area contributed by atoms with E-state index in [0.717, 1.165) is 5.75 Å². The van der Waals surface area contributed by atoms with Crippen LogP contribution in [0, 0.1) is 0 Å². The van der Waals surface area contributed by atoms with Crippen LogP contribution in [0.2, 0.25) is 0 Å². The summed E-state index contributed by atoms with van der Waals surface area (Å²) < 4.78 is 5.70. The number of anilines is 1. The molecule has 0 atom stereocenters. The molecule has 0 spiro atoms. The fraction of sp³-hybridized carbons (Fsp3) is 0.267. The minimum atomic E-state index is 0.0997. The molecule has 0 unspecified atom stereocenters. The number of ether oxygens (including phenoxy) is 1. The fourth-order valence-corrected chi connectivity index (χ4v) is 1.63. The summed E-state index contributed by atoms with van der Waals surface area (Å²) in [4.78, 5) is 4.12. The van der Waals surface area contributed by atoms with E-state index in [1.54, 1.807) is 12.1 Å². The van der Waals surface area contributed by atoms with Gasteiger partial charge in [-0.05, 0) is 29.2 Å². The maximum absolute atomic E-state index is 5.70. The smallest absolute Gasteiger partial charge is 0.221 e. The molecule has 1 aromatic carbocycles. The molecule has 0 bridgehead atoms. The SMILES string of the molecule is CC(C)(C)c1cccc(Oc2cccc(N)n2)c1. The molecule has 3 nitrogen and oxygen atoms in total. The highest BCUT2D eigenvalue weighted by Crippen LogP contribution is 2.27. The minimum Gasteiger partial charge on any atom is -0.439 e. The molecular weight excluding hydrogens is 224 g/mol. The van der Waals surface area contributed by atoms with Crippen LogP contribution in [0.4, 0.5) is 5.82 Å². The predicted molar refractivity (Wildman–Crippen MR) is 73.9 cm³/mol. The summed E-state index contributed by atoms with van der Waals surface area (Å²) in [6, 6.07) is 13.4. The van der Waals surface area contributed by atoms with Crippen LogP contribution < -0.4 is 10.5 Å². The summed E-state index contributed by atoms with van der Waals surface area (Å²) in [6.07, 6.45) is 0. The summed E-state index contributed by atoms with van der Waals surface area (Å²) in [5.41, 5.74) is 6.95. The van der Waals surface area contributed by atoms with Gasteiger partial charge in [0.1, 0.15) is 11.6 Å². The van der Waals surface area contributed by atoms with Gasteiger partial charge in [-0.3, -0.25) is 0 Å². The Balaban J connectivity index is 2.25. The molecule has 1 heterocycles. The van der Waals surface area contributed by atoms with Gasteiger partial charge in [0.2, 0.25) is 5.88 Å². The molecule has 0 aliphatic heterocycles. The van der Waals surface area contributed by atoms with E-state index >= 15 is 0 Å². The molecule has 0 aliphatic carbocycles. The van der Waals surface area contributed by atoms with Gasteiger partial charge in [0.25, 0.3) is 0 Å². The number of benzene rings is 1. The third-order valence-corrected chi connectivity index (χ3v) is 2.67. The molecule has 2 aromatic rings. The maximum atomic E-state index is 5.70. The molecule has 1 aromatic heterocycles. The van der Waals surface area contributed by atoms with E-state index in [9.17, 15) is 0 Å². The first-order valence-corrected chi connectivity index (χ1v) is 5.96. The van der Waals surface area contributed by atoms with Crippen LogP contribution >= 0.6 is 0 Å². The zero-order chi connectivity index (χ0) is 13.2. The summed E-state index contributed by atoms with van der Waals surface area (Å²) in [7, 11) is 0. The van der Waals surface area contributed by atoms with Crippen molar-refractivity contribution in [2.24, 2.45) is 0 Å². The maximum Gasteiger partial charge on any atom is 0.221 e. The van der Waals surface area contributed by atoms with Crippen molar-refractivity contribution < 1.29 is 4.74 Å². The zero-order valence-corrected chi connectivity index (χ0v) is 11.0. The lowest BCUT2D eigenvalue weighted by atomic mass is 9.87. The Hall–Kier alpha value is -2.03. The second kappa shape index (κ2) is 4.69. The van der Waals surface area contributed by atoms with Crippen molar-refractivity contribution in [2.45, 2.75) is 26.2 Å². The molecule has 94 valence electrons. The molecule has 0 amide bonds. The van der Waals surface area contributed by atoms with Crippen molar-refractivity contribution in [1.29, 1.82) is 0 Å². The summed E-state index contributed by atoms with van der Waals surface area (Å²) in [5, 5.41) is 0. The Bertz CT molecular complexity index is 544. The van der Waals surface area contributed by atoms with Crippen molar-refractivity contribution in [1.82, 2.24) is 4.98 Å². The molecule has 2 rings (SSSR count). The third-order valence-electron chi connectivity index (χ3n) is 2.67. The largest absolute Gasteiger partial charge is 0.439 e. The monoisotopic (exact) mass is 242 g/mol. The highest BCUT2D eigenvalue weighted by atomic mass is 16.5. The lowest BCUT2D eigenvalue weighted by Gasteiger charge is -2.19. The van der Waals surface area contributed by atoms with Gasteiger partial charge in [-0.25, -0.2) is 0 Å². The number of hydrogen-bond acceptors (Lipinski definition) is 3. The number of pyridine rings is 1. The number of rotatable bonds is 2. The van der Waals surface area contributed by atoms with Gasteiger partial charge in [0.15, 0.2) is 0 Å². The quantitative estimate of drug-likeness (QED) is 0.872. The average Bonchev–Trinajstić information content (AvgIpc) is 2.28. The van der Waals surface area contributed by atoms with E-state index in [-0.39, 0.29) is 5.41 Å². The van der Waals surface area contributed by atoms with Gasteiger partial charge in [-0.15, -0.1) is 0 Å². The molecule has 0 saturated heterocycles. The molecule has 0 saturated carbocycles. The van der Waals surface area contributed by atoms with E-state index in [4.69, 9.17) is 10.5 Å². The average molecular weight is 242 g/mol. The van der Waals surface area contributed by atoms with Crippen LogP contribution in [0.15, 0.2) is 42.5 Å². The fourth-order valence-electron chi connectivity index (χ4n) is 1.63. The second-order valence-electron chi connectivity index (χ2n) is 5.28. The van der Waals surface area contributed by atoms with Crippen molar-refractivity contribution in [3.05, 3.63) is 48.0 Å². The van der Waals surface area contributed by atoms with E-state index in [1.165, 1.54) is 5.56 Å². The summed E-state index contributed by atoms with van der Waals surface area (Å²) in [6.45, 7) is 6.51. The molecule has 18 heavy (non-hydrogen) atoms. The number of nitrogens with two attached hydrogens (primary N) is 1. The molecule has 3 heteroatoms. The van der Waals surface area contributed by atoms with Crippen molar-refractivity contribution in [3.8, 4) is 11.6 Å². The standard InChI is InChI=1S/C15H18N2O/c1-15(2,3)11-6-4-7-12(10-11)18-14-9-5-8-13(16)17-14/h4-10H,1-3H3,(H2,16,17). The van der Waals surface area contributed by atoms with E-state index in [0.29, 0.717) is 11.7 Å². The number of nitrogen functional groups attached to an aromatic ring is 1. The first kappa shape index (κ1) is 12.4. The van der Waals surface area contributed by atoms with E-state index < -0.39 is 0 Å². The lowest BCUT2D eigenvalue weighted by molar-refractivity contribution is 0.460. The van der Waals surface area contributed by atoms with Crippen LogP contribution in [0.25, 0.3) is 0 Å². The Morgan fingerprint density at radius 3 is 2.44 bits per heavy atom. The Kier molecular flexibility index (Phi) is 3.24. The van der Waals surface area contributed by atoms with E-state index in [1.807, 2.05) is 24.3 Å². The van der Waals surface area contributed by atoms with Crippen molar-refractivity contribution in [3.63, 3.8) is 0 Å². The second-order valence-corrected chi connectivity index (χ2v) is 5.28. The van der Waals surface area contributed by atoms with Crippen molar-refractivity contribution >= 4 is 5.82 Å². The van der Waals surface area contributed by atoms with Gasteiger partial charge in [0, 0.05) is 6.07 Å². The molecular formula is C15H18N2O. The van der Waals surface area contributed by atoms with Gasteiger partial charge in [0.05, 0.1) is 0 Å². The van der Waals surface area contributed by atoms with Gasteiger partial charge in [-0.2, -0.15) is 4.98 Å². The Morgan fingerprint density at radius 2 is 1.78 bits per heavy atom. The molecule has 0 radical (unpaired) electrons. The van der Waals surface area contributed by atoms with Gasteiger partial charge in [-0.1, -0.05) is 39.0 Å². The number of nitrogens with zero attached hydrogens (tertiary/aromatic N) is 1. The number of aromatic nitrogens is 1. The van der Waals surface area contributed by atoms with E-state index in [2.05, 4.69) is 31.8 Å². The van der Waals surface area contributed by atoms with Crippen molar-refractivity contribution in [2.75, 3.05) is 5.73 Å². The Labute approximate surface area is 108 Å². The molecule has 0 fully saturated rings. The first-order valence-electron chi connectivity index (χ1n) is 5.96. The van der Waals surface area contributed by atoms with Gasteiger partial charge >= 0.3 is 0 Å². The van der Waals surface area contributed by atoms with Crippen LogP contribution in [-0.2, 0) is 5.41 Å². The zero-order valence-electron chi connectivity index (χ0n) is 11.0.